The van der Waals surface area contributed by atoms with E-state index < -0.39 is 0 Å². The SMILES string of the molecule is O=C(CN1CCC2CCC(C1)N2)Nc1cc(Cl)c(Cl)cc1Cl. The largest absolute Gasteiger partial charge is 0.324 e. The third kappa shape index (κ3) is 3.87. The van der Waals surface area contributed by atoms with E-state index >= 15 is 0 Å². The molecule has 2 aliphatic heterocycles. The molecule has 2 fully saturated rings. The average Bonchev–Trinajstić information content (AvgIpc) is 2.79. The summed E-state index contributed by atoms with van der Waals surface area (Å²) in [5.74, 6) is -0.0851. The van der Waals surface area contributed by atoms with Crippen molar-refractivity contribution in [3.8, 4) is 0 Å². The quantitative estimate of drug-likeness (QED) is 0.810. The second kappa shape index (κ2) is 6.93. The van der Waals surface area contributed by atoms with Gasteiger partial charge in [-0.15, -0.1) is 0 Å². The zero-order chi connectivity index (χ0) is 15.7. The molecule has 1 amide bonds. The van der Waals surface area contributed by atoms with Gasteiger partial charge in [-0.25, -0.2) is 0 Å². The second-order valence-electron chi connectivity index (χ2n) is 5.96. The molecule has 7 heteroatoms. The molecule has 3 rings (SSSR count). The highest BCUT2D eigenvalue weighted by Crippen LogP contribution is 2.32. The topological polar surface area (TPSA) is 44.4 Å². The van der Waals surface area contributed by atoms with Crippen LogP contribution in [-0.2, 0) is 4.79 Å². The van der Waals surface area contributed by atoms with Gasteiger partial charge in [0.2, 0.25) is 5.91 Å². The van der Waals surface area contributed by atoms with Crippen molar-refractivity contribution >= 4 is 46.4 Å². The van der Waals surface area contributed by atoms with Crippen molar-refractivity contribution in [2.24, 2.45) is 0 Å². The van der Waals surface area contributed by atoms with Crippen molar-refractivity contribution in [2.75, 3.05) is 25.0 Å². The Kier molecular flexibility index (Phi) is 5.15. The summed E-state index contributed by atoms with van der Waals surface area (Å²) in [6, 6.07) is 4.24. The van der Waals surface area contributed by atoms with Crippen LogP contribution in [0, 0.1) is 0 Å². The third-order valence-corrected chi connectivity index (χ3v) is 5.29. The Morgan fingerprint density at radius 1 is 1.14 bits per heavy atom. The minimum absolute atomic E-state index is 0.0851. The summed E-state index contributed by atoms with van der Waals surface area (Å²) in [6.45, 7) is 2.22. The van der Waals surface area contributed by atoms with Gasteiger partial charge in [-0.05, 0) is 31.4 Å². The minimum atomic E-state index is -0.0851. The molecular formula is C15H18Cl3N3O. The summed E-state index contributed by atoms with van der Waals surface area (Å²) >= 11 is 17.9. The number of carbonyl (C=O) groups is 1. The molecule has 0 saturated carbocycles. The van der Waals surface area contributed by atoms with E-state index in [1.165, 1.54) is 18.9 Å². The zero-order valence-corrected chi connectivity index (χ0v) is 14.3. The van der Waals surface area contributed by atoms with Gasteiger partial charge >= 0.3 is 0 Å². The molecule has 0 spiro atoms. The fourth-order valence-electron chi connectivity index (χ4n) is 3.17. The number of hydrogen-bond acceptors (Lipinski definition) is 3. The number of likely N-dealkylation sites (tertiary alicyclic amines) is 1. The van der Waals surface area contributed by atoms with Crippen LogP contribution in [0.1, 0.15) is 19.3 Å². The smallest absolute Gasteiger partial charge is 0.238 e. The Hall–Kier alpha value is -0.520. The monoisotopic (exact) mass is 361 g/mol. The normalized spacial score (nSPS) is 25.0. The van der Waals surface area contributed by atoms with E-state index in [-0.39, 0.29) is 5.91 Å². The number of nitrogens with one attached hydrogen (secondary N) is 2. The van der Waals surface area contributed by atoms with Crippen LogP contribution < -0.4 is 10.6 Å². The van der Waals surface area contributed by atoms with Crippen LogP contribution in [0.2, 0.25) is 15.1 Å². The lowest BCUT2D eigenvalue weighted by Crippen LogP contribution is -2.39. The molecular weight excluding hydrogens is 345 g/mol. The van der Waals surface area contributed by atoms with Crippen molar-refractivity contribution in [3.05, 3.63) is 27.2 Å². The number of anilines is 1. The highest BCUT2D eigenvalue weighted by atomic mass is 35.5. The highest BCUT2D eigenvalue weighted by Gasteiger charge is 2.29. The highest BCUT2D eigenvalue weighted by molar-refractivity contribution is 6.44. The van der Waals surface area contributed by atoms with Crippen LogP contribution in [0.4, 0.5) is 5.69 Å². The van der Waals surface area contributed by atoms with Crippen molar-refractivity contribution < 1.29 is 4.79 Å². The number of rotatable bonds is 3. The lowest BCUT2D eigenvalue weighted by molar-refractivity contribution is -0.117. The maximum Gasteiger partial charge on any atom is 0.238 e. The van der Waals surface area contributed by atoms with Crippen LogP contribution >= 0.6 is 34.8 Å². The van der Waals surface area contributed by atoms with Gasteiger partial charge in [0.1, 0.15) is 0 Å². The van der Waals surface area contributed by atoms with E-state index in [9.17, 15) is 4.79 Å². The van der Waals surface area contributed by atoms with Gasteiger partial charge in [-0.1, -0.05) is 34.8 Å². The maximum atomic E-state index is 12.2. The lowest BCUT2D eigenvalue weighted by atomic mass is 10.1. The van der Waals surface area contributed by atoms with E-state index in [4.69, 9.17) is 34.8 Å². The minimum Gasteiger partial charge on any atom is -0.324 e. The molecule has 2 saturated heterocycles. The Labute approximate surface area is 145 Å². The first kappa shape index (κ1) is 16.3. The number of carbonyl (C=O) groups excluding carboxylic acids is 1. The summed E-state index contributed by atoms with van der Waals surface area (Å²) in [5.41, 5.74) is 0.496. The Balaban J connectivity index is 1.59. The Morgan fingerprint density at radius 2 is 1.86 bits per heavy atom. The van der Waals surface area contributed by atoms with Crippen molar-refractivity contribution in [3.63, 3.8) is 0 Å². The number of nitrogens with zero attached hydrogens (tertiary/aromatic N) is 1. The molecule has 2 atom stereocenters. The van der Waals surface area contributed by atoms with Gasteiger partial charge in [-0.3, -0.25) is 9.69 Å². The van der Waals surface area contributed by atoms with Crippen LogP contribution in [0.5, 0.6) is 0 Å². The van der Waals surface area contributed by atoms with Crippen molar-refractivity contribution in [1.29, 1.82) is 0 Å². The van der Waals surface area contributed by atoms with Gasteiger partial charge in [0, 0.05) is 25.2 Å². The first-order valence-corrected chi connectivity index (χ1v) is 8.57. The van der Waals surface area contributed by atoms with Gasteiger partial charge in [0.15, 0.2) is 0 Å². The fraction of sp³-hybridized carbons (Fsp3) is 0.533. The van der Waals surface area contributed by atoms with Gasteiger partial charge in [-0.2, -0.15) is 0 Å². The van der Waals surface area contributed by atoms with Gasteiger partial charge < -0.3 is 10.6 Å². The molecule has 0 aliphatic carbocycles. The number of hydrogen-bond donors (Lipinski definition) is 2. The molecule has 1 aromatic rings. The molecule has 0 radical (unpaired) electrons. The first-order valence-electron chi connectivity index (χ1n) is 7.44. The molecule has 120 valence electrons. The van der Waals surface area contributed by atoms with Crippen LogP contribution in [0.25, 0.3) is 0 Å². The van der Waals surface area contributed by atoms with E-state index in [2.05, 4.69) is 15.5 Å². The first-order chi connectivity index (χ1) is 10.5. The predicted octanol–water partition coefficient (Wildman–Crippen LogP) is 3.41. The molecule has 2 heterocycles. The van der Waals surface area contributed by atoms with Gasteiger partial charge in [0.05, 0.1) is 27.3 Å². The summed E-state index contributed by atoms with van der Waals surface area (Å²) in [4.78, 5) is 14.4. The molecule has 1 aromatic carbocycles. The molecule has 22 heavy (non-hydrogen) atoms. The Morgan fingerprint density at radius 3 is 2.68 bits per heavy atom. The maximum absolute atomic E-state index is 12.2. The molecule has 2 unspecified atom stereocenters. The van der Waals surface area contributed by atoms with Gasteiger partial charge in [0.25, 0.3) is 0 Å². The standard InChI is InChI=1S/C15H18Cl3N3O/c16-11-5-13(18)14(6-12(11)17)20-15(22)8-21-4-3-9-1-2-10(7-21)19-9/h5-6,9-10,19H,1-4,7-8H2,(H,20,22). The van der Waals surface area contributed by atoms with Crippen LogP contribution in [0.3, 0.4) is 0 Å². The summed E-state index contributed by atoms with van der Waals surface area (Å²) < 4.78 is 0. The summed E-state index contributed by atoms with van der Waals surface area (Å²) in [5, 5.41) is 7.55. The molecule has 2 N–H and O–H groups in total. The zero-order valence-electron chi connectivity index (χ0n) is 12.0. The molecule has 0 aromatic heterocycles. The summed E-state index contributed by atoms with van der Waals surface area (Å²) in [6.07, 6.45) is 3.54. The van der Waals surface area contributed by atoms with Crippen LogP contribution in [-0.4, -0.2) is 42.5 Å². The predicted molar refractivity (Wildman–Crippen MR) is 91.1 cm³/mol. The lowest BCUT2D eigenvalue weighted by Gasteiger charge is -2.23. The van der Waals surface area contributed by atoms with E-state index in [1.54, 1.807) is 6.07 Å². The fourth-order valence-corrected chi connectivity index (χ4v) is 3.76. The second-order valence-corrected chi connectivity index (χ2v) is 7.18. The summed E-state index contributed by atoms with van der Waals surface area (Å²) in [7, 11) is 0. The van der Waals surface area contributed by atoms with E-state index in [0.29, 0.717) is 39.4 Å². The number of amides is 1. The van der Waals surface area contributed by atoms with Crippen molar-refractivity contribution in [1.82, 2.24) is 10.2 Å². The number of halogens is 3. The van der Waals surface area contributed by atoms with Crippen LogP contribution in [0.15, 0.2) is 12.1 Å². The molecule has 4 nitrogen and oxygen atoms in total. The Bertz CT molecular complexity index is 581. The molecule has 2 aliphatic rings. The average molecular weight is 363 g/mol. The van der Waals surface area contributed by atoms with E-state index in [1.807, 2.05) is 0 Å². The number of fused-ring (bicyclic) bond motifs is 2. The van der Waals surface area contributed by atoms with Crippen molar-refractivity contribution in [2.45, 2.75) is 31.3 Å². The van der Waals surface area contributed by atoms with E-state index in [0.717, 1.165) is 19.5 Å². The number of benzene rings is 1. The molecule has 2 bridgehead atoms. The third-order valence-electron chi connectivity index (χ3n) is 4.26.